The van der Waals surface area contributed by atoms with Gasteiger partial charge in [-0.15, -0.1) is 0 Å². The van der Waals surface area contributed by atoms with Crippen LogP contribution in [0.15, 0.2) is 0 Å². The number of quaternary nitrogens is 1. The van der Waals surface area contributed by atoms with Gasteiger partial charge in [0.25, 0.3) is 0 Å². The Hall–Kier alpha value is -1.14. The van der Waals surface area contributed by atoms with E-state index in [2.05, 4.69) is 5.32 Å². The van der Waals surface area contributed by atoms with Gasteiger partial charge < -0.3 is 20.7 Å². The van der Waals surface area contributed by atoms with Crippen molar-refractivity contribution >= 4 is 11.9 Å². The number of hydrogen-bond acceptors (Lipinski definition) is 3. The number of aliphatic carboxylic acids is 1. The first-order chi connectivity index (χ1) is 6.59. The first-order valence-electron chi connectivity index (χ1n) is 4.65. The summed E-state index contributed by atoms with van der Waals surface area (Å²) < 4.78 is 0. The maximum Gasteiger partial charge on any atom is 0.394 e. The lowest BCUT2D eigenvalue weighted by molar-refractivity contribution is -0.848. The van der Waals surface area contributed by atoms with E-state index in [4.69, 9.17) is 5.11 Å². The Morgan fingerprint density at radius 2 is 2.14 bits per heavy atom. The van der Waals surface area contributed by atoms with Gasteiger partial charge in [0.1, 0.15) is 0 Å². The number of hydrogen-bond donors (Lipinski definition) is 3. The minimum atomic E-state index is -1.50. The first-order valence-corrected chi connectivity index (χ1v) is 4.65. The van der Waals surface area contributed by atoms with Crippen molar-refractivity contribution < 1.29 is 19.8 Å². The number of carboxylic acid groups (broad SMARTS) is 1. The molecule has 6 nitrogen and oxygen atoms in total. The van der Waals surface area contributed by atoms with Crippen LogP contribution in [0.2, 0.25) is 0 Å². The van der Waals surface area contributed by atoms with Gasteiger partial charge in [-0.3, -0.25) is 4.79 Å². The molecule has 0 aromatic carbocycles. The van der Waals surface area contributed by atoms with Crippen molar-refractivity contribution in [3.8, 4) is 0 Å². The Morgan fingerprint density at radius 3 is 2.79 bits per heavy atom. The largest absolute Gasteiger partial charge is 0.634 e. The Labute approximate surface area is 81.5 Å². The van der Waals surface area contributed by atoms with Gasteiger partial charge in [-0.2, -0.15) is 0 Å². The molecule has 0 aromatic rings. The number of carboxylic acids is 1. The average Bonchev–Trinajstić information content (AvgIpc) is 2.29. The second-order valence-corrected chi connectivity index (χ2v) is 3.46. The summed E-state index contributed by atoms with van der Waals surface area (Å²) in [5.41, 5.74) is 0. The van der Waals surface area contributed by atoms with E-state index in [-0.39, 0.29) is 17.6 Å². The van der Waals surface area contributed by atoms with Crippen LogP contribution in [0.25, 0.3) is 0 Å². The van der Waals surface area contributed by atoms with Gasteiger partial charge in [0.05, 0.1) is 19.1 Å². The van der Waals surface area contributed by atoms with E-state index in [0.29, 0.717) is 13.0 Å². The molecule has 2 unspecified atom stereocenters. The van der Waals surface area contributed by atoms with E-state index >= 15 is 0 Å². The van der Waals surface area contributed by atoms with Crippen LogP contribution in [0.5, 0.6) is 0 Å². The van der Waals surface area contributed by atoms with Crippen LogP contribution in [-0.4, -0.2) is 36.1 Å². The predicted octanol–water partition coefficient (Wildman–Crippen LogP) is -1.88. The highest BCUT2D eigenvalue weighted by atomic mass is 16.5. The summed E-state index contributed by atoms with van der Waals surface area (Å²) in [6.45, 7) is 0.804. The zero-order valence-electron chi connectivity index (χ0n) is 7.78. The molecule has 14 heavy (non-hydrogen) atoms. The van der Waals surface area contributed by atoms with Gasteiger partial charge in [-0.05, 0) is 19.3 Å². The minimum Gasteiger partial charge on any atom is -0.634 e. The second kappa shape index (κ2) is 4.92. The molecule has 0 bridgehead atoms. The Kier molecular flexibility index (Phi) is 3.84. The van der Waals surface area contributed by atoms with Gasteiger partial charge >= 0.3 is 11.9 Å². The van der Waals surface area contributed by atoms with Crippen LogP contribution in [-0.2, 0) is 9.59 Å². The first kappa shape index (κ1) is 10.9. The summed E-state index contributed by atoms with van der Waals surface area (Å²) in [5, 5.41) is 21.9. The SMILES string of the molecule is O=C(O)C(=O)NC1CCCC[NH+]([O-])C1. The fraction of sp³-hybridized carbons (Fsp3) is 0.750. The van der Waals surface area contributed by atoms with Crippen LogP contribution in [0.1, 0.15) is 19.3 Å². The summed E-state index contributed by atoms with van der Waals surface area (Å²) in [6.07, 6.45) is 2.37. The lowest BCUT2D eigenvalue weighted by Crippen LogP contribution is -3.08. The van der Waals surface area contributed by atoms with Crippen molar-refractivity contribution in [3.05, 3.63) is 5.21 Å². The molecule has 6 heteroatoms. The highest BCUT2D eigenvalue weighted by Gasteiger charge is 2.21. The molecule has 80 valence electrons. The van der Waals surface area contributed by atoms with Gasteiger partial charge in [0.2, 0.25) is 0 Å². The molecule has 0 aromatic heterocycles. The van der Waals surface area contributed by atoms with Crippen molar-refractivity contribution in [1.29, 1.82) is 0 Å². The molecule has 2 atom stereocenters. The lowest BCUT2D eigenvalue weighted by Gasteiger charge is -2.23. The summed E-state index contributed by atoms with van der Waals surface area (Å²) in [4.78, 5) is 21.1. The molecule has 1 amide bonds. The number of nitrogens with one attached hydrogen (secondary N) is 2. The number of hydroxylamine groups is 2. The van der Waals surface area contributed by atoms with E-state index in [0.717, 1.165) is 12.8 Å². The van der Waals surface area contributed by atoms with E-state index in [9.17, 15) is 14.8 Å². The third-order valence-corrected chi connectivity index (χ3v) is 2.26. The third-order valence-electron chi connectivity index (χ3n) is 2.26. The lowest BCUT2D eigenvalue weighted by atomic mass is 10.1. The van der Waals surface area contributed by atoms with Crippen LogP contribution in [0.4, 0.5) is 0 Å². The maximum atomic E-state index is 11.1. The molecule has 1 heterocycles. The second-order valence-electron chi connectivity index (χ2n) is 3.46. The van der Waals surface area contributed by atoms with Crippen LogP contribution in [0.3, 0.4) is 0 Å². The smallest absolute Gasteiger partial charge is 0.394 e. The Balaban J connectivity index is 2.42. The third kappa shape index (κ3) is 3.31. The molecule has 1 saturated heterocycles. The van der Waals surface area contributed by atoms with E-state index in [1.165, 1.54) is 0 Å². The highest BCUT2D eigenvalue weighted by Crippen LogP contribution is 2.01. The number of rotatable bonds is 1. The Morgan fingerprint density at radius 1 is 1.43 bits per heavy atom. The monoisotopic (exact) mass is 202 g/mol. The van der Waals surface area contributed by atoms with Crippen molar-refractivity contribution in [2.24, 2.45) is 0 Å². The van der Waals surface area contributed by atoms with Gasteiger partial charge in [0, 0.05) is 0 Å². The van der Waals surface area contributed by atoms with Crippen LogP contribution >= 0.6 is 0 Å². The van der Waals surface area contributed by atoms with Gasteiger partial charge in [-0.25, -0.2) is 4.79 Å². The van der Waals surface area contributed by atoms with Crippen molar-refractivity contribution in [1.82, 2.24) is 5.32 Å². The average molecular weight is 202 g/mol. The predicted molar refractivity (Wildman–Crippen MR) is 47.5 cm³/mol. The van der Waals surface area contributed by atoms with Crippen LogP contribution < -0.4 is 10.4 Å². The number of amides is 1. The van der Waals surface area contributed by atoms with Crippen molar-refractivity contribution in [3.63, 3.8) is 0 Å². The van der Waals surface area contributed by atoms with Crippen molar-refractivity contribution in [2.75, 3.05) is 13.1 Å². The zero-order chi connectivity index (χ0) is 10.6. The molecular weight excluding hydrogens is 188 g/mol. The Bertz CT molecular complexity index is 231. The van der Waals surface area contributed by atoms with E-state index < -0.39 is 11.9 Å². The molecule has 0 radical (unpaired) electrons. The standard InChI is InChI=1S/C8H14N2O4/c11-7(8(12)13)9-6-3-1-2-4-10(14)5-6/h6,10H,1-5H2,(H,9,11)(H,12,13). The fourth-order valence-corrected chi connectivity index (χ4v) is 1.56. The molecule has 1 fully saturated rings. The van der Waals surface area contributed by atoms with Gasteiger partial charge in [-0.1, -0.05) is 0 Å². The summed E-state index contributed by atoms with van der Waals surface area (Å²) in [5.74, 6) is -2.52. The summed E-state index contributed by atoms with van der Waals surface area (Å²) >= 11 is 0. The molecule has 0 aliphatic carbocycles. The molecule has 3 N–H and O–H groups in total. The zero-order valence-corrected chi connectivity index (χ0v) is 7.78. The summed E-state index contributed by atoms with van der Waals surface area (Å²) in [6, 6.07) is -0.298. The number of carbonyl (C=O) groups is 2. The highest BCUT2D eigenvalue weighted by molar-refractivity contribution is 6.31. The maximum absolute atomic E-state index is 11.1. The summed E-state index contributed by atoms with van der Waals surface area (Å²) in [7, 11) is 0. The normalized spacial score (nSPS) is 27.8. The van der Waals surface area contributed by atoms with Crippen LogP contribution in [0, 0.1) is 5.21 Å². The van der Waals surface area contributed by atoms with E-state index in [1.54, 1.807) is 0 Å². The van der Waals surface area contributed by atoms with Gasteiger partial charge in [0.15, 0.2) is 0 Å². The topological polar surface area (TPSA) is 93.9 Å². The molecule has 1 aliphatic heterocycles. The molecular formula is C8H14N2O4. The van der Waals surface area contributed by atoms with Crippen molar-refractivity contribution in [2.45, 2.75) is 25.3 Å². The number of carbonyl (C=O) groups excluding carboxylic acids is 1. The molecule has 0 spiro atoms. The minimum absolute atomic E-state index is 0.0955. The molecule has 1 rings (SSSR count). The fourth-order valence-electron chi connectivity index (χ4n) is 1.56. The van der Waals surface area contributed by atoms with E-state index in [1.807, 2.05) is 0 Å². The molecule has 0 saturated carbocycles. The quantitative estimate of drug-likeness (QED) is 0.343. The molecule has 1 aliphatic rings.